The number of fused-ring (bicyclic) bond motifs is 9. The van der Waals surface area contributed by atoms with Gasteiger partial charge < -0.3 is 27.5 Å². The van der Waals surface area contributed by atoms with Crippen molar-refractivity contribution >= 4 is 65.8 Å². The molecule has 0 atom stereocenters. The van der Waals surface area contributed by atoms with E-state index in [2.05, 4.69) is 164 Å². The van der Waals surface area contributed by atoms with Gasteiger partial charge in [0.1, 0.15) is 50.7 Å². The van der Waals surface area contributed by atoms with Crippen LogP contribution < -0.4 is 14.2 Å². The smallest absolute Gasteiger partial charge is 0.135 e. The van der Waals surface area contributed by atoms with E-state index in [4.69, 9.17) is 27.5 Å². The van der Waals surface area contributed by atoms with Gasteiger partial charge in [0.15, 0.2) is 0 Å². The maximum Gasteiger partial charge on any atom is 0.135 e. The van der Waals surface area contributed by atoms with Gasteiger partial charge >= 0.3 is 0 Å². The Balaban J connectivity index is 1.29. The van der Waals surface area contributed by atoms with Crippen LogP contribution in [0.1, 0.15) is 0 Å². The summed E-state index contributed by atoms with van der Waals surface area (Å²) in [5, 5.41) is 6.25. The SMILES string of the molecule is COc1ccc(-c2c(-c3ccc4oc5ccccc5c4c3)c(-c3ccc(OC)cc3)c(-c3ccc4oc5ccccc5c4c3)c(-c3ccc(OC)cc3)c2-c2ccc3oc4ccccc4c3c2)cc1. The van der Waals surface area contributed by atoms with Crippen molar-refractivity contribution in [3.63, 3.8) is 0 Å². The Kier molecular flexibility index (Phi) is 9.41. The lowest BCUT2D eigenvalue weighted by Gasteiger charge is -2.29. The third-order valence-corrected chi connectivity index (χ3v) is 13.6. The Morgan fingerprint density at radius 1 is 0.232 bits per heavy atom. The fraction of sp³-hybridized carbons (Fsp3) is 0.0476. The number of benzene rings is 10. The normalized spacial score (nSPS) is 11.7. The molecule has 0 aliphatic rings. The largest absolute Gasteiger partial charge is 0.497 e. The van der Waals surface area contributed by atoms with Crippen molar-refractivity contribution in [2.45, 2.75) is 0 Å². The lowest BCUT2D eigenvalue weighted by molar-refractivity contribution is 0.415. The lowest BCUT2D eigenvalue weighted by atomic mass is 9.74. The number of hydrogen-bond acceptors (Lipinski definition) is 6. The van der Waals surface area contributed by atoms with Crippen molar-refractivity contribution < 1.29 is 27.5 Å². The Labute approximate surface area is 397 Å². The molecule has 10 aromatic carbocycles. The van der Waals surface area contributed by atoms with Crippen LogP contribution in [-0.2, 0) is 0 Å². The van der Waals surface area contributed by atoms with Crippen molar-refractivity contribution in [1.82, 2.24) is 0 Å². The highest BCUT2D eigenvalue weighted by Gasteiger charge is 2.31. The maximum absolute atomic E-state index is 6.49. The lowest BCUT2D eigenvalue weighted by Crippen LogP contribution is -2.02. The van der Waals surface area contributed by atoms with E-state index in [0.29, 0.717) is 0 Å². The zero-order chi connectivity index (χ0) is 46.2. The summed E-state index contributed by atoms with van der Waals surface area (Å²) in [4.78, 5) is 0. The van der Waals surface area contributed by atoms with Gasteiger partial charge in [-0.05, 0) is 158 Å². The third kappa shape index (κ3) is 6.56. The molecule has 6 heteroatoms. The Bertz CT molecular complexity index is 3670. The number of hydrogen-bond donors (Lipinski definition) is 0. The van der Waals surface area contributed by atoms with Gasteiger partial charge in [0.2, 0.25) is 0 Å². The molecular formula is C63H42O6. The number of para-hydroxylation sites is 3. The van der Waals surface area contributed by atoms with Gasteiger partial charge in [-0.3, -0.25) is 0 Å². The van der Waals surface area contributed by atoms with Crippen LogP contribution in [0.5, 0.6) is 17.2 Å². The Hall–Kier alpha value is -9.00. The predicted molar refractivity (Wildman–Crippen MR) is 281 cm³/mol. The molecular weight excluding hydrogens is 853 g/mol. The summed E-state index contributed by atoms with van der Waals surface area (Å²) in [5.74, 6) is 2.30. The van der Waals surface area contributed by atoms with Crippen LogP contribution in [0.15, 0.2) is 213 Å². The highest BCUT2D eigenvalue weighted by Crippen LogP contribution is 2.57. The second-order valence-corrected chi connectivity index (χ2v) is 17.4. The molecule has 13 rings (SSSR count). The minimum absolute atomic E-state index is 0.766. The van der Waals surface area contributed by atoms with E-state index in [-0.39, 0.29) is 0 Å². The first kappa shape index (κ1) is 40.3. The molecule has 3 heterocycles. The van der Waals surface area contributed by atoms with Crippen LogP contribution in [0.4, 0.5) is 0 Å². The first-order chi connectivity index (χ1) is 34.0. The van der Waals surface area contributed by atoms with Crippen molar-refractivity contribution in [3.8, 4) is 84.0 Å². The van der Waals surface area contributed by atoms with Crippen molar-refractivity contribution in [2.24, 2.45) is 0 Å². The molecule has 0 spiro atoms. The first-order valence-corrected chi connectivity index (χ1v) is 23.0. The fourth-order valence-electron chi connectivity index (χ4n) is 10.4. The highest BCUT2D eigenvalue weighted by atomic mass is 16.5. The van der Waals surface area contributed by atoms with Gasteiger partial charge in [-0.1, -0.05) is 109 Å². The molecule has 0 saturated heterocycles. The van der Waals surface area contributed by atoms with Crippen LogP contribution in [0.2, 0.25) is 0 Å². The zero-order valence-electron chi connectivity index (χ0n) is 38.0. The third-order valence-electron chi connectivity index (χ3n) is 13.6. The van der Waals surface area contributed by atoms with Crippen LogP contribution in [-0.4, -0.2) is 21.3 Å². The summed E-state index contributed by atoms with van der Waals surface area (Å²) < 4.78 is 36.9. The van der Waals surface area contributed by atoms with Gasteiger partial charge in [-0.25, -0.2) is 0 Å². The average Bonchev–Trinajstić information content (AvgIpc) is 4.11. The van der Waals surface area contributed by atoms with E-state index < -0.39 is 0 Å². The van der Waals surface area contributed by atoms with Crippen molar-refractivity contribution in [3.05, 3.63) is 200 Å². The summed E-state index contributed by atoms with van der Waals surface area (Å²) in [6.45, 7) is 0. The summed E-state index contributed by atoms with van der Waals surface area (Å²) in [6.07, 6.45) is 0. The number of methoxy groups -OCH3 is 3. The molecule has 0 saturated carbocycles. The van der Waals surface area contributed by atoms with E-state index in [1.807, 2.05) is 36.4 Å². The molecule has 0 aliphatic heterocycles. The molecule has 0 N–H and O–H groups in total. The van der Waals surface area contributed by atoms with Crippen molar-refractivity contribution in [2.75, 3.05) is 21.3 Å². The van der Waals surface area contributed by atoms with Gasteiger partial charge in [0.05, 0.1) is 21.3 Å². The molecule has 0 radical (unpaired) electrons. The predicted octanol–water partition coefficient (Wildman–Crippen LogP) is 17.4. The van der Waals surface area contributed by atoms with E-state index >= 15 is 0 Å². The summed E-state index contributed by atoms with van der Waals surface area (Å²) in [5.41, 5.74) is 17.4. The molecule has 0 fully saturated rings. The second kappa shape index (κ2) is 16.1. The van der Waals surface area contributed by atoms with Crippen molar-refractivity contribution in [1.29, 1.82) is 0 Å². The summed E-state index contributed by atoms with van der Waals surface area (Å²) in [7, 11) is 5.12. The van der Waals surface area contributed by atoms with Gasteiger partial charge in [0.25, 0.3) is 0 Å². The summed E-state index contributed by atoms with van der Waals surface area (Å²) in [6, 6.07) is 70.0. The van der Waals surface area contributed by atoms with Gasteiger partial charge in [-0.2, -0.15) is 0 Å². The molecule has 0 aliphatic carbocycles. The van der Waals surface area contributed by atoms with E-state index in [0.717, 1.165) is 150 Å². The second-order valence-electron chi connectivity index (χ2n) is 17.4. The highest BCUT2D eigenvalue weighted by molar-refractivity contribution is 6.19. The first-order valence-electron chi connectivity index (χ1n) is 23.0. The Morgan fingerprint density at radius 2 is 0.464 bits per heavy atom. The number of ether oxygens (including phenoxy) is 3. The molecule has 330 valence electrons. The van der Waals surface area contributed by atoms with E-state index in [1.54, 1.807) is 21.3 Å². The summed E-state index contributed by atoms with van der Waals surface area (Å²) >= 11 is 0. The van der Waals surface area contributed by atoms with Crippen LogP contribution >= 0.6 is 0 Å². The Morgan fingerprint density at radius 3 is 0.739 bits per heavy atom. The van der Waals surface area contributed by atoms with Gasteiger partial charge in [-0.15, -0.1) is 0 Å². The molecule has 0 bridgehead atoms. The van der Waals surface area contributed by atoms with E-state index in [9.17, 15) is 0 Å². The maximum atomic E-state index is 6.49. The minimum Gasteiger partial charge on any atom is -0.497 e. The molecule has 0 amide bonds. The number of furan rings is 3. The molecule has 69 heavy (non-hydrogen) atoms. The molecule has 6 nitrogen and oxygen atoms in total. The average molecular weight is 895 g/mol. The topological polar surface area (TPSA) is 67.1 Å². The van der Waals surface area contributed by atoms with Crippen LogP contribution in [0.3, 0.4) is 0 Å². The molecule has 13 aromatic rings. The molecule has 0 unspecified atom stereocenters. The van der Waals surface area contributed by atoms with E-state index in [1.165, 1.54) is 0 Å². The monoisotopic (exact) mass is 894 g/mol. The van der Waals surface area contributed by atoms with Gasteiger partial charge in [0, 0.05) is 32.3 Å². The minimum atomic E-state index is 0.766. The zero-order valence-corrected chi connectivity index (χ0v) is 38.0. The quantitative estimate of drug-likeness (QED) is 0.144. The van der Waals surface area contributed by atoms with Crippen LogP contribution in [0.25, 0.3) is 133 Å². The van der Waals surface area contributed by atoms with Crippen LogP contribution in [0, 0.1) is 0 Å². The number of rotatable bonds is 9. The molecule has 3 aromatic heterocycles. The fourth-order valence-corrected chi connectivity index (χ4v) is 10.4. The standard InChI is InChI=1S/C63H42O6/c1-64-43-25-16-37(17-26-43)58-61(40-22-31-55-49(34-40)46-10-4-7-13-52(46)67-55)59(38-18-27-44(65-2)28-19-38)63(42-24-33-57-51(36-42)48-12-6-9-15-54(48)69-57)60(39-20-29-45(66-3)30-21-39)62(58)41-23-32-56-50(35-41)47-11-5-8-14-53(47)68-56/h4-36H,1-3H3.